The number of H-pyrrole nitrogens is 1. The molecule has 3 aromatic carbocycles. The Hall–Kier alpha value is -3.98. The van der Waals surface area contributed by atoms with E-state index in [1.165, 1.54) is 16.8 Å². The molecule has 2 aliphatic rings. The Labute approximate surface area is 219 Å². The highest BCUT2D eigenvalue weighted by Crippen LogP contribution is 2.53. The summed E-state index contributed by atoms with van der Waals surface area (Å²) in [4.78, 5) is 29.5. The minimum atomic E-state index is -1.05. The number of hydrogen-bond acceptors (Lipinski definition) is 6. The Kier molecular flexibility index (Phi) is 6.03. The van der Waals surface area contributed by atoms with Crippen LogP contribution in [0.15, 0.2) is 107 Å². The van der Waals surface area contributed by atoms with Crippen molar-refractivity contribution in [2.75, 3.05) is 20.3 Å². The Balaban J connectivity index is 1.62. The number of likely N-dealkylation sites (tertiary alicyclic amines) is 1. The van der Waals surface area contributed by atoms with E-state index < -0.39 is 28.6 Å². The van der Waals surface area contributed by atoms with Gasteiger partial charge in [0.05, 0.1) is 25.4 Å². The highest BCUT2D eigenvalue weighted by molar-refractivity contribution is 5.51. The zero-order valence-corrected chi connectivity index (χ0v) is 21.0. The van der Waals surface area contributed by atoms with Crippen LogP contribution < -0.4 is 16.0 Å². The number of aromatic amines is 1. The van der Waals surface area contributed by atoms with Crippen molar-refractivity contribution in [1.82, 2.24) is 14.5 Å². The van der Waals surface area contributed by atoms with Crippen molar-refractivity contribution in [2.24, 2.45) is 0 Å². The van der Waals surface area contributed by atoms with Crippen molar-refractivity contribution in [3.63, 3.8) is 0 Å². The third-order valence-corrected chi connectivity index (χ3v) is 7.91. The molecule has 0 unspecified atom stereocenters. The highest BCUT2D eigenvalue weighted by Gasteiger charge is 2.63. The number of rotatable bonds is 7. The van der Waals surface area contributed by atoms with E-state index in [0.717, 1.165) is 22.4 Å². The summed E-state index contributed by atoms with van der Waals surface area (Å²) in [5.74, 6) is 0.750. The maximum Gasteiger partial charge on any atom is 0.330 e. The second-order valence-corrected chi connectivity index (χ2v) is 9.84. The first-order valence-electron chi connectivity index (χ1n) is 12.7. The second-order valence-electron chi connectivity index (χ2n) is 9.84. The summed E-state index contributed by atoms with van der Waals surface area (Å²) in [5, 5.41) is 10.4. The van der Waals surface area contributed by atoms with E-state index in [1.54, 1.807) is 7.11 Å². The van der Waals surface area contributed by atoms with E-state index in [0.29, 0.717) is 13.0 Å². The predicted octanol–water partition coefficient (Wildman–Crippen LogP) is 2.66. The van der Waals surface area contributed by atoms with Crippen LogP contribution in [0.2, 0.25) is 0 Å². The second kappa shape index (κ2) is 9.40. The first-order chi connectivity index (χ1) is 18.5. The van der Waals surface area contributed by atoms with Gasteiger partial charge in [0.1, 0.15) is 5.75 Å². The molecule has 0 spiro atoms. The first-order valence-corrected chi connectivity index (χ1v) is 12.7. The van der Waals surface area contributed by atoms with Gasteiger partial charge in [-0.15, -0.1) is 0 Å². The van der Waals surface area contributed by atoms with Crippen molar-refractivity contribution in [3.8, 4) is 5.75 Å². The van der Waals surface area contributed by atoms with Gasteiger partial charge in [0.25, 0.3) is 5.56 Å². The van der Waals surface area contributed by atoms with Crippen LogP contribution in [-0.2, 0) is 16.0 Å². The van der Waals surface area contributed by atoms with Gasteiger partial charge in [-0.25, -0.2) is 4.79 Å². The number of nitrogens with zero attached hydrogens (tertiary/aromatic N) is 2. The summed E-state index contributed by atoms with van der Waals surface area (Å²) < 4.78 is 13.3. The Morgan fingerprint density at radius 2 is 1.55 bits per heavy atom. The van der Waals surface area contributed by atoms with Gasteiger partial charge >= 0.3 is 5.69 Å². The number of benzene rings is 3. The number of aliphatic hydroxyl groups excluding tert-OH is 1. The molecule has 1 aromatic heterocycles. The third kappa shape index (κ3) is 3.64. The van der Waals surface area contributed by atoms with E-state index in [9.17, 15) is 14.7 Å². The van der Waals surface area contributed by atoms with Crippen molar-refractivity contribution in [1.29, 1.82) is 0 Å². The average Bonchev–Trinajstić information content (AvgIpc) is 3.52. The van der Waals surface area contributed by atoms with Gasteiger partial charge in [0.2, 0.25) is 0 Å². The molecule has 0 amide bonds. The van der Waals surface area contributed by atoms with Gasteiger partial charge in [-0.3, -0.25) is 19.2 Å². The van der Waals surface area contributed by atoms with Crippen molar-refractivity contribution in [3.05, 3.63) is 135 Å². The zero-order chi connectivity index (χ0) is 26.3. The predicted molar refractivity (Wildman–Crippen MR) is 142 cm³/mol. The van der Waals surface area contributed by atoms with Crippen LogP contribution in [0, 0.1) is 0 Å². The summed E-state index contributed by atoms with van der Waals surface area (Å²) in [6.07, 6.45) is 1.43. The number of fused-ring (bicyclic) bond motifs is 2. The van der Waals surface area contributed by atoms with Crippen molar-refractivity contribution < 1.29 is 14.6 Å². The number of aromatic nitrogens is 2. The number of ether oxygens (including phenoxy) is 2. The summed E-state index contributed by atoms with van der Waals surface area (Å²) >= 11 is 0. The van der Waals surface area contributed by atoms with Crippen LogP contribution in [0.3, 0.4) is 0 Å². The zero-order valence-electron chi connectivity index (χ0n) is 21.0. The van der Waals surface area contributed by atoms with E-state index in [1.807, 2.05) is 48.5 Å². The van der Waals surface area contributed by atoms with Crippen LogP contribution >= 0.6 is 0 Å². The SMILES string of the molecule is COc1ccc(C(c2ccccc2)(c2ccccc2)N2C[C@]3(n4ccc(=O)[nH]c4=O)C[C@@H]2[C@@H](CO)O3)cc1. The van der Waals surface area contributed by atoms with Crippen LogP contribution in [0.4, 0.5) is 0 Å². The molecular weight excluding hydrogens is 482 g/mol. The molecule has 6 rings (SSSR count). The molecule has 3 atom stereocenters. The van der Waals surface area contributed by atoms with Gasteiger partial charge in [-0.05, 0) is 28.8 Å². The van der Waals surface area contributed by atoms with Crippen LogP contribution in [0.5, 0.6) is 5.75 Å². The van der Waals surface area contributed by atoms with Gasteiger partial charge in [0.15, 0.2) is 5.72 Å². The third-order valence-electron chi connectivity index (χ3n) is 7.91. The molecule has 2 aliphatic heterocycles. The smallest absolute Gasteiger partial charge is 0.330 e. The number of morpholine rings is 1. The molecule has 8 nitrogen and oxygen atoms in total. The van der Waals surface area contributed by atoms with E-state index in [-0.39, 0.29) is 12.6 Å². The quantitative estimate of drug-likeness (QED) is 0.371. The van der Waals surface area contributed by atoms with E-state index in [4.69, 9.17) is 9.47 Å². The van der Waals surface area contributed by atoms with E-state index in [2.05, 4.69) is 46.3 Å². The summed E-state index contributed by atoms with van der Waals surface area (Å²) in [7, 11) is 1.64. The molecule has 0 saturated carbocycles. The van der Waals surface area contributed by atoms with E-state index >= 15 is 0 Å². The van der Waals surface area contributed by atoms with Crippen LogP contribution in [0.1, 0.15) is 23.1 Å². The standard InChI is InChI=1S/C30H29N3O5/c1-37-24-14-12-23(13-15-24)30(21-8-4-2-5-9-21,22-10-6-3-7-11-22)33-20-29(18-25(33)26(19-34)38-29)32-17-16-27(35)31-28(32)36/h2-17,25-26,34H,18-20H2,1H3,(H,31,35,36)/t25-,26-,29+/m1/s1. The summed E-state index contributed by atoms with van der Waals surface area (Å²) in [5.41, 5.74) is 0.279. The molecule has 2 saturated heterocycles. The molecule has 8 heteroatoms. The molecule has 2 N–H and O–H groups in total. The number of nitrogens with one attached hydrogen (secondary N) is 1. The van der Waals surface area contributed by atoms with Gasteiger partial charge in [0, 0.05) is 31.3 Å². The molecule has 38 heavy (non-hydrogen) atoms. The summed E-state index contributed by atoms with van der Waals surface area (Å²) in [6, 6.07) is 29.6. The van der Waals surface area contributed by atoms with Gasteiger partial charge in [-0.1, -0.05) is 72.8 Å². The molecule has 2 fully saturated rings. The summed E-state index contributed by atoms with van der Waals surface area (Å²) in [6.45, 7) is 0.152. The van der Waals surface area contributed by atoms with Gasteiger partial charge < -0.3 is 14.6 Å². The Morgan fingerprint density at radius 3 is 2.11 bits per heavy atom. The number of hydrogen-bond donors (Lipinski definition) is 2. The molecule has 194 valence electrons. The lowest BCUT2D eigenvalue weighted by Crippen LogP contribution is -2.59. The monoisotopic (exact) mass is 511 g/mol. The maximum atomic E-state index is 13.0. The molecule has 4 aromatic rings. The lowest BCUT2D eigenvalue weighted by Gasteiger charge is -2.50. The highest BCUT2D eigenvalue weighted by atomic mass is 16.5. The minimum Gasteiger partial charge on any atom is -0.497 e. The molecule has 0 radical (unpaired) electrons. The fourth-order valence-electron chi connectivity index (χ4n) is 6.35. The fraction of sp³-hybridized carbons (Fsp3) is 0.267. The lowest BCUT2D eigenvalue weighted by atomic mass is 9.74. The minimum absolute atomic E-state index is 0.205. The largest absolute Gasteiger partial charge is 0.497 e. The average molecular weight is 512 g/mol. The molecule has 2 bridgehead atoms. The Bertz CT molecular complexity index is 1490. The first kappa shape index (κ1) is 24.4. The number of methoxy groups -OCH3 is 1. The fourth-order valence-corrected chi connectivity index (χ4v) is 6.35. The van der Waals surface area contributed by atoms with Crippen LogP contribution in [-0.4, -0.2) is 52.0 Å². The Morgan fingerprint density at radius 1 is 0.947 bits per heavy atom. The normalized spacial score (nSPS) is 23.0. The molecular formula is C30H29N3O5. The maximum absolute atomic E-state index is 13.0. The molecule has 0 aliphatic carbocycles. The topological polar surface area (TPSA) is 96.8 Å². The molecule has 3 heterocycles. The van der Waals surface area contributed by atoms with Crippen LogP contribution in [0.25, 0.3) is 0 Å². The lowest BCUT2D eigenvalue weighted by molar-refractivity contribution is -0.165. The van der Waals surface area contributed by atoms with Crippen molar-refractivity contribution in [2.45, 2.75) is 29.8 Å². The van der Waals surface area contributed by atoms with Gasteiger partial charge in [-0.2, -0.15) is 0 Å². The van der Waals surface area contributed by atoms with Crippen molar-refractivity contribution >= 4 is 0 Å². The number of aliphatic hydroxyl groups is 1.